The van der Waals surface area contributed by atoms with Gasteiger partial charge < -0.3 is 5.11 Å². The zero-order valence-corrected chi connectivity index (χ0v) is 13.9. The van der Waals surface area contributed by atoms with Gasteiger partial charge in [-0.1, -0.05) is 18.6 Å². The topological polar surface area (TPSA) is 69.6 Å². The smallest absolute Gasteiger partial charge is 0.395 e. The highest BCUT2D eigenvalue weighted by atomic mass is 32.2. The summed E-state index contributed by atoms with van der Waals surface area (Å²) >= 11 is 0. The summed E-state index contributed by atoms with van der Waals surface area (Å²) in [7, 11) is -4.26. The molecule has 1 unspecified atom stereocenters. The van der Waals surface area contributed by atoms with Crippen molar-refractivity contribution in [2.75, 3.05) is 26.2 Å². The van der Waals surface area contributed by atoms with Gasteiger partial charge in [-0.05, 0) is 31.5 Å². The van der Waals surface area contributed by atoms with Crippen LogP contribution < -0.4 is 4.72 Å². The van der Waals surface area contributed by atoms with Crippen LogP contribution in [0.15, 0.2) is 29.2 Å². The molecule has 2 rings (SSSR count). The number of alkyl halides is 3. The van der Waals surface area contributed by atoms with E-state index in [-0.39, 0.29) is 19.2 Å². The quantitative estimate of drug-likeness (QED) is 0.806. The number of nitrogens with one attached hydrogen (secondary N) is 1. The molecule has 1 aliphatic rings. The number of rotatable bonds is 6. The molecule has 1 aromatic rings. The Kier molecular flexibility index (Phi) is 6.24. The van der Waals surface area contributed by atoms with E-state index in [1.54, 1.807) is 0 Å². The van der Waals surface area contributed by atoms with Crippen LogP contribution >= 0.6 is 0 Å². The predicted octanol–water partition coefficient (Wildman–Crippen LogP) is 1.83. The van der Waals surface area contributed by atoms with E-state index in [2.05, 4.69) is 4.72 Å². The fourth-order valence-corrected chi connectivity index (χ4v) is 4.14. The molecule has 0 amide bonds. The molecule has 1 heterocycles. The maximum Gasteiger partial charge on any atom is 0.417 e. The van der Waals surface area contributed by atoms with E-state index in [1.165, 1.54) is 6.07 Å². The van der Waals surface area contributed by atoms with Gasteiger partial charge in [-0.15, -0.1) is 0 Å². The lowest BCUT2D eigenvalue weighted by atomic mass is 10.0. The third-order valence-electron chi connectivity index (χ3n) is 4.13. The summed E-state index contributed by atoms with van der Waals surface area (Å²) < 4.78 is 65.5. The highest BCUT2D eigenvalue weighted by Crippen LogP contribution is 2.33. The van der Waals surface area contributed by atoms with Crippen molar-refractivity contribution in [3.63, 3.8) is 0 Å². The molecule has 0 radical (unpaired) electrons. The Morgan fingerprint density at radius 2 is 1.96 bits per heavy atom. The minimum Gasteiger partial charge on any atom is -0.395 e. The Labute approximate surface area is 139 Å². The largest absolute Gasteiger partial charge is 0.417 e. The molecular weight excluding hydrogens is 345 g/mol. The van der Waals surface area contributed by atoms with E-state index in [0.717, 1.165) is 44.0 Å². The van der Waals surface area contributed by atoms with Crippen molar-refractivity contribution in [3.8, 4) is 0 Å². The van der Waals surface area contributed by atoms with Crippen LogP contribution in [0.4, 0.5) is 13.2 Å². The molecular formula is C15H21F3N2O3S. The van der Waals surface area contributed by atoms with Gasteiger partial charge in [0.15, 0.2) is 0 Å². The first-order valence-corrected chi connectivity index (χ1v) is 9.25. The monoisotopic (exact) mass is 366 g/mol. The SMILES string of the molecule is O=S(=O)(NCCN1CCCCC1CO)c1ccccc1C(F)(F)F. The van der Waals surface area contributed by atoms with E-state index in [0.29, 0.717) is 6.54 Å². The molecule has 1 fully saturated rings. The van der Waals surface area contributed by atoms with E-state index in [4.69, 9.17) is 0 Å². The van der Waals surface area contributed by atoms with Crippen molar-refractivity contribution < 1.29 is 26.7 Å². The van der Waals surface area contributed by atoms with E-state index < -0.39 is 26.7 Å². The highest BCUT2D eigenvalue weighted by Gasteiger charge is 2.36. The Morgan fingerprint density at radius 1 is 1.25 bits per heavy atom. The molecule has 1 aliphatic heterocycles. The number of benzene rings is 1. The molecule has 0 saturated carbocycles. The molecule has 0 aliphatic carbocycles. The van der Waals surface area contributed by atoms with Crippen molar-refractivity contribution in [2.45, 2.75) is 36.4 Å². The third-order valence-corrected chi connectivity index (χ3v) is 5.65. The minimum atomic E-state index is -4.74. The number of nitrogens with zero attached hydrogens (tertiary/aromatic N) is 1. The van der Waals surface area contributed by atoms with Gasteiger partial charge in [-0.2, -0.15) is 13.2 Å². The van der Waals surface area contributed by atoms with Gasteiger partial charge in [-0.3, -0.25) is 4.90 Å². The van der Waals surface area contributed by atoms with Crippen LogP contribution in [0.5, 0.6) is 0 Å². The second-order valence-electron chi connectivity index (χ2n) is 5.76. The van der Waals surface area contributed by atoms with Gasteiger partial charge in [0.25, 0.3) is 0 Å². The molecule has 5 nitrogen and oxygen atoms in total. The Hall–Kier alpha value is -1.16. The number of sulfonamides is 1. The van der Waals surface area contributed by atoms with Gasteiger partial charge >= 0.3 is 6.18 Å². The van der Waals surface area contributed by atoms with Gasteiger partial charge in [0.05, 0.1) is 17.1 Å². The van der Waals surface area contributed by atoms with Gasteiger partial charge in [0.1, 0.15) is 0 Å². The van der Waals surface area contributed by atoms with Crippen LogP contribution in [0.3, 0.4) is 0 Å². The van der Waals surface area contributed by atoms with Crippen molar-refractivity contribution in [2.24, 2.45) is 0 Å². The molecule has 2 N–H and O–H groups in total. The van der Waals surface area contributed by atoms with Crippen molar-refractivity contribution in [3.05, 3.63) is 29.8 Å². The van der Waals surface area contributed by atoms with Crippen molar-refractivity contribution >= 4 is 10.0 Å². The molecule has 1 atom stereocenters. The number of hydrogen-bond acceptors (Lipinski definition) is 4. The zero-order chi connectivity index (χ0) is 17.8. The lowest BCUT2D eigenvalue weighted by Gasteiger charge is -2.34. The molecule has 0 spiro atoms. The van der Waals surface area contributed by atoms with Crippen LogP contribution in [0.1, 0.15) is 24.8 Å². The van der Waals surface area contributed by atoms with E-state index in [1.807, 2.05) is 4.90 Å². The van der Waals surface area contributed by atoms with Gasteiger partial charge in [0.2, 0.25) is 10.0 Å². The molecule has 136 valence electrons. The zero-order valence-electron chi connectivity index (χ0n) is 13.1. The maximum atomic E-state index is 13.0. The van der Waals surface area contributed by atoms with Crippen LogP contribution in [0.25, 0.3) is 0 Å². The van der Waals surface area contributed by atoms with Gasteiger partial charge in [-0.25, -0.2) is 13.1 Å². The number of aliphatic hydroxyl groups excluding tert-OH is 1. The van der Waals surface area contributed by atoms with Crippen LogP contribution in [-0.2, 0) is 16.2 Å². The normalized spacial score (nSPS) is 20.2. The fraction of sp³-hybridized carbons (Fsp3) is 0.600. The molecule has 9 heteroatoms. The Bertz CT molecular complexity index is 650. The summed E-state index contributed by atoms with van der Waals surface area (Å²) in [4.78, 5) is 1.19. The summed E-state index contributed by atoms with van der Waals surface area (Å²) in [5.41, 5.74) is -1.18. The van der Waals surface area contributed by atoms with Crippen LogP contribution in [0, 0.1) is 0 Å². The molecule has 1 aromatic carbocycles. The number of hydrogen-bond donors (Lipinski definition) is 2. The predicted molar refractivity (Wildman–Crippen MR) is 82.9 cm³/mol. The van der Waals surface area contributed by atoms with E-state index in [9.17, 15) is 26.7 Å². The summed E-state index contributed by atoms with van der Waals surface area (Å²) in [6, 6.07) is 4.09. The first-order valence-electron chi connectivity index (χ1n) is 7.76. The number of aliphatic hydroxyl groups is 1. The lowest BCUT2D eigenvalue weighted by molar-refractivity contribution is -0.139. The first-order chi connectivity index (χ1) is 11.3. The van der Waals surface area contributed by atoms with Crippen molar-refractivity contribution in [1.82, 2.24) is 9.62 Å². The second-order valence-corrected chi connectivity index (χ2v) is 7.50. The minimum absolute atomic E-state index is 0.00890. The second kappa shape index (κ2) is 7.81. The number of piperidine rings is 1. The average molecular weight is 366 g/mol. The van der Waals surface area contributed by atoms with Crippen molar-refractivity contribution in [1.29, 1.82) is 0 Å². The third kappa shape index (κ3) is 4.69. The number of halogens is 3. The molecule has 1 saturated heterocycles. The average Bonchev–Trinajstić information content (AvgIpc) is 2.54. The standard InChI is InChI=1S/C15H21F3N2O3S/c16-15(17,18)13-6-1-2-7-14(13)24(22,23)19-8-10-20-9-4-3-5-12(20)11-21/h1-2,6-7,12,19,21H,3-5,8-11H2. The Morgan fingerprint density at radius 3 is 2.62 bits per heavy atom. The van der Waals surface area contributed by atoms with Gasteiger partial charge in [0, 0.05) is 19.1 Å². The molecule has 24 heavy (non-hydrogen) atoms. The van der Waals surface area contributed by atoms with Crippen LogP contribution in [0.2, 0.25) is 0 Å². The Balaban J connectivity index is 2.04. The van der Waals surface area contributed by atoms with Crippen LogP contribution in [-0.4, -0.2) is 50.7 Å². The fourth-order valence-electron chi connectivity index (χ4n) is 2.90. The number of likely N-dealkylation sites (tertiary alicyclic amines) is 1. The summed E-state index contributed by atoms with van der Waals surface area (Å²) in [5.74, 6) is 0. The molecule has 0 bridgehead atoms. The summed E-state index contributed by atoms with van der Waals surface area (Å²) in [5, 5.41) is 9.32. The summed E-state index contributed by atoms with van der Waals surface area (Å²) in [6.07, 6.45) is -1.94. The molecule has 0 aromatic heterocycles. The summed E-state index contributed by atoms with van der Waals surface area (Å²) in [6.45, 7) is 1.07. The lowest BCUT2D eigenvalue weighted by Crippen LogP contribution is -2.45. The first kappa shape index (κ1) is 19.2. The van der Waals surface area contributed by atoms with E-state index >= 15 is 0 Å². The maximum absolute atomic E-state index is 13.0. The highest BCUT2D eigenvalue weighted by molar-refractivity contribution is 7.89.